The molecule has 1 aromatic heterocycles. The maximum absolute atomic E-state index is 12.3. The van der Waals surface area contributed by atoms with Crippen LogP contribution < -0.4 is 10.9 Å². The van der Waals surface area contributed by atoms with Crippen LogP contribution in [0.4, 0.5) is 5.95 Å². The summed E-state index contributed by atoms with van der Waals surface area (Å²) in [6.45, 7) is 3.92. The summed E-state index contributed by atoms with van der Waals surface area (Å²) in [4.78, 5) is 27.8. The lowest BCUT2D eigenvalue weighted by Crippen LogP contribution is -2.26. The van der Waals surface area contributed by atoms with E-state index >= 15 is 0 Å². The Morgan fingerprint density at radius 1 is 1.29 bits per heavy atom. The molecule has 2 aromatic rings. The monoisotopic (exact) mass is 285 g/mol. The van der Waals surface area contributed by atoms with E-state index in [0.717, 1.165) is 12.0 Å². The lowest BCUT2D eigenvalue weighted by Gasteiger charge is -2.14. The average Bonchev–Trinajstić information content (AvgIpc) is 2.51. The highest BCUT2D eigenvalue weighted by molar-refractivity contribution is 5.94. The van der Waals surface area contributed by atoms with Gasteiger partial charge in [0.1, 0.15) is 0 Å². The number of hydrogen-bond donors (Lipinski definition) is 1. The maximum Gasteiger partial charge on any atom is 0.254 e. The van der Waals surface area contributed by atoms with E-state index in [1.807, 2.05) is 31.2 Å². The summed E-state index contributed by atoms with van der Waals surface area (Å²) >= 11 is 0. The molecule has 1 unspecified atom stereocenters. The summed E-state index contributed by atoms with van der Waals surface area (Å²) in [5.41, 5.74) is 1.96. The zero-order valence-electron chi connectivity index (χ0n) is 12.5. The zero-order chi connectivity index (χ0) is 15.4. The summed E-state index contributed by atoms with van der Waals surface area (Å²) in [5.74, 6) is -0.245. The first-order valence-electron chi connectivity index (χ1n) is 6.94. The van der Waals surface area contributed by atoms with E-state index in [9.17, 15) is 9.59 Å². The lowest BCUT2D eigenvalue weighted by atomic mass is 9.98. The average molecular weight is 285 g/mol. The Bertz CT molecular complexity index is 689. The minimum atomic E-state index is -0.312. The van der Waals surface area contributed by atoms with Crippen molar-refractivity contribution in [2.45, 2.75) is 26.2 Å². The van der Waals surface area contributed by atoms with Gasteiger partial charge in [-0.2, -0.15) is 0 Å². The van der Waals surface area contributed by atoms with Gasteiger partial charge < -0.3 is 0 Å². The van der Waals surface area contributed by atoms with Gasteiger partial charge in [0.2, 0.25) is 11.9 Å². The third-order valence-electron chi connectivity index (χ3n) is 3.58. The van der Waals surface area contributed by atoms with Crippen LogP contribution in [0.1, 0.15) is 30.9 Å². The smallest absolute Gasteiger partial charge is 0.254 e. The molecule has 0 aliphatic heterocycles. The Balaban J connectivity index is 2.15. The molecule has 0 aliphatic carbocycles. The van der Waals surface area contributed by atoms with Crippen LogP contribution in [0, 0.1) is 0 Å². The van der Waals surface area contributed by atoms with Crippen molar-refractivity contribution in [2.24, 2.45) is 7.05 Å². The Morgan fingerprint density at radius 2 is 1.95 bits per heavy atom. The van der Waals surface area contributed by atoms with Gasteiger partial charge in [0, 0.05) is 19.3 Å². The number of hydrogen-bond acceptors (Lipinski definition) is 3. The number of nitrogens with zero attached hydrogens (tertiary/aromatic N) is 2. The number of amides is 1. The van der Waals surface area contributed by atoms with Crippen molar-refractivity contribution in [1.82, 2.24) is 9.55 Å². The summed E-state index contributed by atoms with van der Waals surface area (Å²) in [5, 5.41) is 2.69. The van der Waals surface area contributed by atoms with Gasteiger partial charge in [-0.1, -0.05) is 31.2 Å². The van der Waals surface area contributed by atoms with Crippen molar-refractivity contribution in [1.29, 1.82) is 0 Å². The minimum absolute atomic E-state index is 0.187. The fourth-order valence-corrected chi connectivity index (χ4v) is 2.00. The standard InChI is InChI=1S/C16H19N3O2/c1-4-12-5-7-13(8-6-12)11(2)15(21)18-16-17-10-9-14(20)19(16)3/h5-11H,4H2,1-3H3,(H,17,18,21). The normalized spacial score (nSPS) is 12.0. The predicted octanol–water partition coefficient (Wildman–Crippen LogP) is 2.08. The highest BCUT2D eigenvalue weighted by Crippen LogP contribution is 2.17. The van der Waals surface area contributed by atoms with E-state index in [1.165, 1.54) is 22.4 Å². The molecule has 0 spiro atoms. The van der Waals surface area contributed by atoms with E-state index in [-0.39, 0.29) is 23.3 Å². The van der Waals surface area contributed by atoms with Gasteiger partial charge in [-0.05, 0) is 24.5 Å². The Labute approximate surface area is 123 Å². The summed E-state index contributed by atoms with van der Waals surface area (Å²) in [6.07, 6.45) is 2.36. The van der Waals surface area contributed by atoms with Crippen molar-refractivity contribution < 1.29 is 4.79 Å². The van der Waals surface area contributed by atoms with Crippen molar-refractivity contribution >= 4 is 11.9 Å². The van der Waals surface area contributed by atoms with Gasteiger partial charge in [0.15, 0.2) is 0 Å². The second-order valence-corrected chi connectivity index (χ2v) is 4.97. The molecule has 21 heavy (non-hydrogen) atoms. The van der Waals surface area contributed by atoms with Crippen LogP contribution in [-0.2, 0) is 18.3 Å². The Kier molecular flexibility index (Phi) is 4.52. The lowest BCUT2D eigenvalue weighted by molar-refractivity contribution is -0.117. The number of benzene rings is 1. The second-order valence-electron chi connectivity index (χ2n) is 4.97. The molecule has 0 radical (unpaired) electrons. The first-order chi connectivity index (χ1) is 10.0. The molecular weight excluding hydrogens is 266 g/mol. The molecule has 0 saturated heterocycles. The summed E-state index contributed by atoms with van der Waals surface area (Å²) < 4.78 is 1.31. The van der Waals surface area contributed by atoms with Crippen LogP contribution in [0.5, 0.6) is 0 Å². The van der Waals surface area contributed by atoms with Crippen molar-refractivity contribution in [2.75, 3.05) is 5.32 Å². The molecule has 0 saturated carbocycles. The third-order valence-corrected chi connectivity index (χ3v) is 3.58. The molecule has 0 aliphatic rings. The highest BCUT2D eigenvalue weighted by atomic mass is 16.2. The van der Waals surface area contributed by atoms with Crippen molar-refractivity contribution in [3.05, 3.63) is 58.0 Å². The second kappa shape index (κ2) is 6.35. The van der Waals surface area contributed by atoms with Crippen molar-refractivity contribution in [3.8, 4) is 0 Å². The molecule has 1 aromatic carbocycles. The third kappa shape index (κ3) is 3.37. The fraction of sp³-hybridized carbons (Fsp3) is 0.312. The molecule has 2 rings (SSSR count). The number of anilines is 1. The molecule has 5 nitrogen and oxygen atoms in total. The molecule has 110 valence electrons. The van der Waals surface area contributed by atoms with Gasteiger partial charge in [-0.15, -0.1) is 0 Å². The van der Waals surface area contributed by atoms with Crippen LogP contribution in [0.25, 0.3) is 0 Å². The zero-order valence-corrected chi connectivity index (χ0v) is 12.5. The van der Waals surface area contributed by atoms with E-state index in [0.29, 0.717) is 0 Å². The number of aromatic nitrogens is 2. The Morgan fingerprint density at radius 3 is 2.57 bits per heavy atom. The first-order valence-corrected chi connectivity index (χ1v) is 6.94. The van der Waals surface area contributed by atoms with Crippen LogP contribution in [0.2, 0.25) is 0 Å². The fourth-order valence-electron chi connectivity index (χ4n) is 2.00. The van der Waals surface area contributed by atoms with E-state index in [4.69, 9.17) is 0 Å². The minimum Gasteiger partial charge on any atom is -0.295 e. The predicted molar refractivity (Wildman–Crippen MR) is 82.3 cm³/mol. The van der Waals surface area contributed by atoms with Crippen molar-refractivity contribution in [3.63, 3.8) is 0 Å². The summed E-state index contributed by atoms with van der Waals surface area (Å²) in [7, 11) is 1.58. The highest BCUT2D eigenvalue weighted by Gasteiger charge is 2.16. The molecule has 5 heteroatoms. The van der Waals surface area contributed by atoms with Gasteiger partial charge in [-0.25, -0.2) is 4.98 Å². The molecule has 1 atom stereocenters. The van der Waals surface area contributed by atoms with E-state index in [2.05, 4.69) is 17.2 Å². The van der Waals surface area contributed by atoms with Crippen LogP contribution in [0.3, 0.4) is 0 Å². The quantitative estimate of drug-likeness (QED) is 0.935. The first kappa shape index (κ1) is 15.0. The molecule has 1 N–H and O–H groups in total. The van der Waals surface area contributed by atoms with Gasteiger partial charge in [0.05, 0.1) is 5.92 Å². The maximum atomic E-state index is 12.3. The molecule has 0 fully saturated rings. The largest absolute Gasteiger partial charge is 0.295 e. The number of carbonyl (C=O) groups is 1. The van der Waals surface area contributed by atoms with Crippen LogP contribution >= 0.6 is 0 Å². The molecule has 0 bridgehead atoms. The molecule has 1 heterocycles. The van der Waals surface area contributed by atoms with Crippen LogP contribution in [-0.4, -0.2) is 15.5 Å². The Hall–Kier alpha value is -2.43. The van der Waals surface area contributed by atoms with Gasteiger partial charge in [-0.3, -0.25) is 19.5 Å². The van der Waals surface area contributed by atoms with Crippen LogP contribution in [0.15, 0.2) is 41.3 Å². The SMILES string of the molecule is CCc1ccc(C(C)C(=O)Nc2nccc(=O)n2C)cc1. The number of carbonyl (C=O) groups excluding carboxylic acids is 1. The van der Waals surface area contributed by atoms with Gasteiger partial charge in [0.25, 0.3) is 5.56 Å². The van der Waals surface area contributed by atoms with E-state index in [1.54, 1.807) is 7.05 Å². The van der Waals surface area contributed by atoms with Gasteiger partial charge >= 0.3 is 0 Å². The number of nitrogens with one attached hydrogen (secondary N) is 1. The van der Waals surface area contributed by atoms with E-state index < -0.39 is 0 Å². The number of rotatable bonds is 4. The topological polar surface area (TPSA) is 64.0 Å². The molecular formula is C16H19N3O2. The number of aryl methyl sites for hydroxylation is 1. The summed E-state index contributed by atoms with van der Waals surface area (Å²) in [6, 6.07) is 9.31. The molecule has 1 amide bonds.